The normalized spacial score (nSPS) is 28.0. The van der Waals surface area contributed by atoms with E-state index in [0.717, 1.165) is 6.61 Å². The Morgan fingerprint density at radius 2 is 2.21 bits per heavy atom. The summed E-state index contributed by atoms with van der Waals surface area (Å²) in [5, 5.41) is 0. The molecule has 2 atom stereocenters. The molecule has 0 aromatic heterocycles. The zero-order valence-corrected chi connectivity index (χ0v) is 9.83. The highest BCUT2D eigenvalue weighted by molar-refractivity contribution is 4.95. The molecule has 0 aromatic carbocycles. The molecule has 0 saturated carbocycles. The van der Waals surface area contributed by atoms with Gasteiger partial charge in [0, 0.05) is 12.5 Å². The monoisotopic (exact) mass is 196 g/mol. The molecular weight excluding hydrogens is 172 g/mol. The average molecular weight is 196 g/mol. The van der Waals surface area contributed by atoms with Crippen LogP contribution < -0.4 is 0 Å². The summed E-state index contributed by atoms with van der Waals surface area (Å²) < 4.78 is 5.73. The first-order valence-electron chi connectivity index (χ1n) is 6.04. The third-order valence-corrected chi connectivity index (χ3v) is 2.95. The molecule has 1 nitrogen and oxygen atoms in total. The van der Waals surface area contributed by atoms with Gasteiger partial charge in [-0.25, -0.2) is 0 Å². The van der Waals surface area contributed by atoms with Gasteiger partial charge in [0.2, 0.25) is 0 Å². The van der Waals surface area contributed by atoms with Gasteiger partial charge in [-0.2, -0.15) is 0 Å². The number of hydrogen-bond donors (Lipinski definition) is 0. The Hall–Kier alpha value is -0.300. The Balaban J connectivity index is 2.31. The smallest absolute Gasteiger partial charge is 0.0661 e. The summed E-state index contributed by atoms with van der Waals surface area (Å²) in [5.41, 5.74) is 0. The minimum absolute atomic E-state index is 0.466. The molecule has 0 bridgehead atoms. The van der Waals surface area contributed by atoms with Crippen LogP contribution in [0.4, 0.5) is 0 Å². The van der Waals surface area contributed by atoms with Crippen LogP contribution in [0.15, 0.2) is 12.2 Å². The molecular formula is C13H24O. The predicted molar refractivity (Wildman–Crippen MR) is 61.4 cm³/mol. The summed E-state index contributed by atoms with van der Waals surface area (Å²) in [6.45, 7) is 7.70. The topological polar surface area (TPSA) is 9.23 Å². The molecule has 0 aromatic rings. The van der Waals surface area contributed by atoms with Crippen molar-refractivity contribution in [3.8, 4) is 0 Å². The van der Waals surface area contributed by atoms with Gasteiger partial charge in [-0.05, 0) is 18.8 Å². The number of hydrogen-bond acceptors (Lipinski definition) is 1. The largest absolute Gasteiger partial charge is 0.377 e. The molecule has 0 radical (unpaired) electrons. The Bertz CT molecular complexity index is 172. The van der Waals surface area contributed by atoms with Gasteiger partial charge in [-0.15, -0.1) is 0 Å². The first-order chi connectivity index (χ1) is 6.75. The molecule has 0 amide bonds. The van der Waals surface area contributed by atoms with Crippen LogP contribution in [0.1, 0.15) is 46.5 Å². The second-order valence-corrected chi connectivity index (χ2v) is 4.60. The van der Waals surface area contributed by atoms with Gasteiger partial charge in [0.25, 0.3) is 0 Å². The van der Waals surface area contributed by atoms with E-state index in [1.807, 2.05) is 0 Å². The SMILES string of the molecule is CCCC/C=C/[C@H]1CCO[C@H]1C(C)C. The van der Waals surface area contributed by atoms with Crippen molar-refractivity contribution in [3.05, 3.63) is 12.2 Å². The summed E-state index contributed by atoms with van der Waals surface area (Å²) >= 11 is 0. The zero-order chi connectivity index (χ0) is 10.4. The Kier molecular flexibility index (Phi) is 5.24. The van der Waals surface area contributed by atoms with E-state index >= 15 is 0 Å². The number of ether oxygens (including phenoxy) is 1. The molecule has 0 unspecified atom stereocenters. The molecule has 1 rings (SSSR count). The lowest BCUT2D eigenvalue weighted by molar-refractivity contribution is 0.0628. The van der Waals surface area contributed by atoms with E-state index in [2.05, 4.69) is 32.9 Å². The third kappa shape index (κ3) is 3.45. The van der Waals surface area contributed by atoms with Crippen molar-refractivity contribution < 1.29 is 4.74 Å². The fraction of sp³-hybridized carbons (Fsp3) is 0.846. The minimum Gasteiger partial charge on any atom is -0.377 e. The van der Waals surface area contributed by atoms with Crippen molar-refractivity contribution in [1.82, 2.24) is 0 Å². The van der Waals surface area contributed by atoms with Crippen LogP contribution in [0.3, 0.4) is 0 Å². The second-order valence-electron chi connectivity index (χ2n) is 4.60. The van der Waals surface area contributed by atoms with Crippen molar-refractivity contribution in [1.29, 1.82) is 0 Å². The molecule has 0 N–H and O–H groups in total. The van der Waals surface area contributed by atoms with Gasteiger partial charge in [-0.3, -0.25) is 0 Å². The third-order valence-electron chi connectivity index (χ3n) is 2.95. The summed E-state index contributed by atoms with van der Waals surface area (Å²) in [6.07, 6.45) is 10.2. The molecule has 0 spiro atoms. The van der Waals surface area contributed by atoms with E-state index in [-0.39, 0.29) is 0 Å². The summed E-state index contributed by atoms with van der Waals surface area (Å²) in [7, 11) is 0. The number of unbranched alkanes of at least 4 members (excludes halogenated alkanes) is 2. The van der Waals surface area contributed by atoms with E-state index in [1.165, 1.54) is 25.7 Å². The highest BCUT2D eigenvalue weighted by atomic mass is 16.5. The molecule has 1 heteroatoms. The predicted octanol–water partition coefficient (Wildman–Crippen LogP) is 3.79. The Labute approximate surface area is 88.5 Å². The maximum atomic E-state index is 5.73. The Morgan fingerprint density at radius 1 is 1.43 bits per heavy atom. The van der Waals surface area contributed by atoms with E-state index < -0.39 is 0 Å². The maximum absolute atomic E-state index is 5.73. The van der Waals surface area contributed by atoms with Crippen molar-refractivity contribution in [3.63, 3.8) is 0 Å². The van der Waals surface area contributed by atoms with E-state index in [4.69, 9.17) is 4.74 Å². The van der Waals surface area contributed by atoms with Crippen molar-refractivity contribution in [2.75, 3.05) is 6.61 Å². The van der Waals surface area contributed by atoms with Crippen LogP contribution in [0, 0.1) is 11.8 Å². The highest BCUT2D eigenvalue weighted by Gasteiger charge is 2.28. The zero-order valence-electron chi connectivity index (χ0n) is 9.83. The first kappa shape index (κ1) is 11.8. The van der Waals surface area contributed by atoms with Crippen LogP contribution in [0.5, 0.6) is 0 Å². The molecule has 1 aliphatic rings. The van der Waals surface area contributed by atoms with Crippen LogP contribution in [0.2, 0.25) is 0 Å². The standard InChI is InChI=1S/C13H24O/c1-4-5-6-7-8-12-9-10-14-13(12)11(2)3/h7-8,11-13H,4-6,9-10H2,1-3H3/b8-7+/t12-,13-/m0/s1. The molecule has 1 aliphatic heterocycles. The summed E-state index contributed by atoms with van der Waals surface area (Å²) in [4.78, 5) is 0. The lowest BCUT2D eigenvalue weighted by Gasteiger charge is -2.19. The molecule has 82 valence electrons. The minimum atomic E-state index is 0.466. The molecule has 1 saturated heterocycles. The summed E-state index contributed by atoms with van der Waals surface area (Å²) in [5.74, 6) is 1.32. The fourth-order valence-electron chi connectivity index (χ4n) is 2.11. The molecule has 0 aliphatic carbocycles. The first-order valence-corrected chi connectivity index (χ1v) is 6.04. The van der Waals surface area contributed by atoms with Crippen LogP contribution >= 0.6 is 0 Å². The lowest BCUT2D eigenvalue weighted by atomic mass is 9.92. The van der Waals surface area contributed by atoms with Crippen LogP contribution in [-0.4, -0.2) is 12.7 Å². The molecule has 14 heavy (non-hydrogen) atoms. The van der Waals surface area contributed by atoms with E-state index in [0.29, 0.717) is 17.9 Å². The van der Waals surface area contributed by atoms with E-state index in [1.54, 1.807) is 0 Å². The molecule has 1 fully saturated rings. The van der Waals surface area contributed by atoms with Crippen molar-refractivity contribution in [2.45, 2.75) is 52.6 Å². The number of allylic oxidation sites excluding steroid dienone is 1. The van der Waals surface area contributed by atoms with Gasteiger partial charge in [0.05, 0.1) is 6.10 Å². The average Bonchev–Trinajstić information content (AvgIpc) is 2.60. The molecule has 1 heterocycles. The van der Waals surface area contributed by atoms with E-state index in [9.17, 15) is 0 Å². The van der Waals surface area contributed by atoms with Gasteiger partial charge < -0.3 is 4.74 Å². The van der Waals surface area contributed by atoms with Crippen molar-refractivity contribution >= 4 is 0 Å². The quantitative estimate of drug-likeness (QED) is 0.480. The highest BCUT2D eigenvalue weighted by Crippen LogP contribution is 2.27. The number of rotatable bonds is 5. The maximum Gasteiger partial charge on any atom is 0.0661 e. The van der Waals surface area contributed by atoms with Gasteiger partial charge in [-0.1, -0.05) is 45.8 Å². The second kappa shape index (κ2) is 6.23. The fourth-order valence-corrected chi connectivity index (χ4v) is 2.11. The Morgan fingerprint density at radius 3 is 2.86 bits per heavy atom. The van der Waals surface area contributed by atoms with Crippen LogP contribution in [0.25, 0.3) is 0 Å². The van der Waals surface area contributed by atoms with Gasteiger partial charge in [0.15, 0.2) is 0 Å². The van der Waals surface area contributed by atoms with Crippen LogP contribution in [-0.2, 0) is 4.74 Å². The van der Waals surface area contributed by atoms with Gasteiger partial charge >= 0.3 is 0 Å². The van der Waals surface area contributed by atoms with Crippen molar-refractivity contribution in [2.24, 2.45) is 11.8 Å². The summed E-state index contributed by atoms with van der Waals surface area (Å²) in [6, 6.07) is 0. The van der Waals surface area contributed by atoms with Gasteiger partial charge in [0.1, 0.15) is 0 Å². The lowest BCUT2D eigenvalue weighted by Crippen LogP contribution is -2.20.